The van der Waals surface area contributed by atoms with E-state index in [1.165, 1.54) is 12.0 Å². The zero-order valence-corrected chi connectivity index (χ0v) is 23.6. The van der Waals surface area contributed by atoms with Crippen LogP contribution in [0.5, 0.6) is 0 Å². The molecule has 0 N–H and O–H groups in total. The molecule has 5 rings (SSSR count). The Kier molecular flexibility index (Phi) is 4.82. The quantitative estimate of drug-likeness (QED) is 0.271. The van der Waals surface area contributed by atoms with Gasteiger partial charge in [0.05, 0.1) is 17.1 Å². The summed E-state index contributed by atoms with van der Waals surface area (Å²) in [5.74, 6) is 0.816. The SMILES string of the molecule is C=C1C[C@@]23C[C@]1(O[Si](C)(C)C)CCC2[C@@]1(C)CCC[C@]2(C)C(=O)O[C@@H](C12)[C@H]3O[Si](C)(C)C. The van der Waals surface area contributed by atoms with Gasteiger partial charge in [-0.3, -0.25) is 4.79 Å². The van der Waals surface area contributed by atoms with Crippen molar-refractivity contribution >= 4 is 22.6 Å². The Bertz CT molecular complexity index is 859. The highest BCUT2D eigenvalue weighted by Gasteiger charge is 2.77. The Morgan fingerprint density at radius 3 is 2.34 bits per heavy atom. The fourth-order valence-electron chi connectivity index (χ4n) is 9.27. The lowest BCUT2D eigenvalue weighted by atomic mass is 9.40. The fourth-order valence-corrected chi connectivity index (χ4v) is 11.9. The molecule has 2 bridgehead atoms. The van der Waals surface area contributed by atoms with Crippen molar-refractivity contribution in [1.29, 1.82) is 0 Å². The van der Waals surface area contributed by atoms with Gasteiger partial charge in [0, 0.05) is 11.3 Å². The normalized spacial score (nSPS) is 50.1. The molecule has 1 saturated heterocycles. The van der Waals surface area contributed by atoms with E-state index < -0.39 is 16.6 Å². The van der Waals surface area contributed by atoms with Crippen LogP contribution in [0.25, 0.3) is 0 Å². The lowest BCUT2D eigenvalue weighted by molar-refractivity contribution is -0.222. The zero-order chi connectivity index (χ0) is 23.5. The summed E-state index contributed by atoms with van der Waals surface area (Å²) in [5, 5.41) is 0. The van der Waals surface area contributed by atoms with Crippen LogP contribution in [0.15, 0.2) is 12.2 Å². The lowest BCUT2D eigenvalue weighted by Crippen LogP contribution is -2.68. The van der Waals surface area contributed by atoms with Crippen molar-refractivity contribution in [3.05, 3.63) is 12.2 Å². The van der Waals surface area contributed by atoms with E-state index in [2.05, 4.69) is 59.7 Å². The molecule has 1 aliphatic heterocycles. The smallest absolute Gasteiger partial charge is 0.312 e. The van der Waals surface area contributed by atoms with Gasteiger partial charge in [0.2, 0.25) is 0 Å². The zero-order valence-electron chi connectivity index (χ0n) is 21.6. The van der Waals surface area contributed by atoms with Crippen molar-refractivity contribution in [2.75, 3.05) is 0 Å². The van der Waals surface area contributed by atoms with E-state index in [0.717, 1.165) is 38.5 Å². The van der Waals surface area contributed by atoms with E-state index in [9.17, 15) is 4.79 Å². The maximum atomic E-state index is 13.3. The number of ether oxygens (including phenoxy) is 1. The van der Waals surface area contributed by atoms with Gasteiger partial charge in [-0.1, -0.05) is 19.9 Å². The van der Waals surface area contributed by atoms with Crippen LogP contribution in [0.2, 0.25) is 39.3 Å². The predicted octanol–water partition coefficient (Wildman–Crippen LogP) is 6.29. The maximum Gasteiger partial charge on any atom is 0.312 e. The summed E-state index contributed by atoms with van der Waals surface area (Å²) in [7, 11) is -3.63. The number of esters is 1. The Morgan fingerprint density at radius 2 is 1.72 bits per heavy atom. The second-order valence-corrected chi connectivity index (χ2v) is 23.2. The third-order valence-corrected chi connectivity index (χ3v) is 11.8. The van der Waals surface area contributed by atoms with E-state index in [-0.39, 0.29) is 45.9 Å². The summed E-state index contributed by atoms with van der Waals surface area (Å²) in [6.45, 7) is 23.0. The molecule has 0 amide bonds. The highest BCUT2D eigenvalue weighted by atomic mass is 28.4. The molecular formula is C26H44O4Si2. The topological polar surface area (TPSA) is 44.8 Å². The summed E-state index contributed by atoms with van der Waals surface area (Å²) in [4.78, 5) is 13.3. The summed E-state index contributed by atoms with van der Waals surface area (Å²) in [6, 6.07) is 0. The van der Waals surface area contributed by atoms with Crippen LogP contribution >= 0.6 is 0 Å². The van der Waals surface area contributed by atoms with Crippen LogP contribution in [0.1, 0.15) is 58.8 Å². The number of rotatable bonds is 4. The first-order chi connectivity index (χ1) is 14.6. The van der Waals surface area contributed by atoms with Gasteiger partial charge in [0.25, 0.3) is 0 Å². The molecule has 4 saturated carbocycles. The third-order valence-electron chi connectivity index (χ3n) is 9.82. The van der Waals surface area contributed by atoms with E-state index in [0.29, 0.717) is 5.92 Å². The number of carbonyl (C=O) groups is 1. The van der Waals surface area contributed by atoms with Crippen molar-refractivity contribution in [3.63, 3.8) is 0 Å². The first kappa shape index (κ1) is 23.3. The van der Waals surface area contributed by atoms with E-state index >= 15 is 0 Å². The van der Waals surface area contributed by atoms with Gasteiger partial charge in [-0.05, 0) is 102 Å². The molecule has 1 heterocycles. The summed E-state index contributed by atoms with van der Waals surface area (Å²) in [5.41, 5.74) is 0.773. The van der Waals surface area contributed by atoms with Gasteiger partial charge < -0.3 is 13.6 Å². The van der Waals surface area contributed by atoms with Crippen molar-refractivity contribution < 1.29 is 18.4 Å². The minimum absolute atomic E-state index is 0.0269. The van der Waals surface area contributed by atoms with E-state index in [1.54, 1.807) is 0 Å². The lowest BCUT2D eigenvalue weighted by Gasteiger charge is -2.65. The predicted molar refractivity (Wildman–Crippen MR) is 132 cm³/mol. The minimum Gasteiger partial charge on any atom is -0.459 e. The van der Waals surface area contributed by atoms with Crippen LogP contribution in [0.4, 0.5) is 0 Å². The second kappa shape index (κ2) is 6.61. The average molecular weight is 477 g/mol. The molecule has 180 valence electrons. The Balaban J connectivity index is 1.66. The molecule has 5 fully saturated rings. The van der Waals surface area contributed by atoms with Crippen LogP contribution in [0, 0.1) is 28.1 Å². The van der Waals surface area contributed by atoms with Crippen LogP contribution < -0.4 is 0 Å². The van der Waals surface area contributed by atoms with Gasteiger partial charge in [-0.15, -0.1) is 0 Å². The van der Waals surface area contributed by atoms with Gasteiger partial charge >= 0.3 is 5.97 Å². The molecule has 0 radical (unpaired) electrons. The van der Waals surface area contributed by atoms with Gasteiger partial charge in [-0.25, -0.2) is 0 Å². The molecule has 0 aromatic heterocycles. The van der Waals surface area contributed by atoms with Gasteiger partial charge in [-0.2, -0.15) is 0 Å². The molecule has 1 spiro atoms. The second-order valence-electron chi connectivity index (χ2n) is 14.3. The van der Waals surface area contributed by atoms with E-state index in [1.807, 2.05) is 0 Å². The number of hydrogen-bond donors (Lipinski definition) is 0. The molecular weight excluding hydrogens is 432 g/mol. The molecule has 4 aliphatic carbocycles. The number of carbonyl (C=O) groups excluding carboxylic acids is 1. The minimum atomic E-state index is -1.88. The van der Waals surface area contributed by atoms with Gasteiger partial charge in [0.15, 0.2) is 16.6 Å². The van der Waals surface area contributed by atoms with Crippen molar-refractivity contribution in [2.24, 2.45) is 28.1 Å². The molecule has 6 heteroatoms. The summed E-state index contributed by atoms with van der Waals surface area (Å²) < 4.78 is 20.4. The molecule has 5 aliphatic rings. The van der Waals surface area contributed by atoms with E-state index in [4.69, 9.17) is 13.6 Å². The first-order valence-electron chi connectivity index (χ1n) is 12.8. The summed E-state index contributed by atoms with van der Waals surface area (Å²) >= 11 is 0. The standard InChI is InChI=1S/C26H44O4Si2/c1-17-15-25-16-26(17,30-32(7,8)9)14-11-18(25)23(2)12-10-13-24(3)20(23)19(28-22(24)27)21(25)29-31(4,5)6/h18-21H,1,10-16H2,2-9H3/t18?,19-,20?,21+,23+,24-,25+,26+/m0/s1. The maximum absolute atomic E-state index is 13.3. The Labute approximate surface area is 197 Å². The molecule has 2 unspecified atom stereocenters. The number of fused-ring (bicyclic) bond motifs is 2. The van der Waals surface area contributed by atoms with Crippen LogP contribution in [0.3, 0.4) is 0 Å². The van der Waals surface area contributed by atoms with Crippen LogP contribution in [-0.2, 0) is 18.4 Å². The summed E-state index contributed by atoms with van der Waals surface area (Å²) in [6.07, 6.45) is 7.28. The highest BCUT2D eigenvalue weighted by molar-refractivity contribution is 6.70. The van der Waals surface area contributed by atoms with Gasteiger partial charge in [0.1, 0.15) is 6.10 Å². The first-order valence-corrected chi connectivity index (χ1v) is 19.7. The fraction of sp³-hybridized carbons (Fsp3) is 0.885. The largest absolute Gasteiger partial charge is 0.459 e. The monoisotopic (exact) mass is 476 g/mol. The Hall–Kier alpha value is -0.436. The number of hydrogen-bond acceptors (Lipinski definition) is 4. The molecule has 8 atom stereocenters. The highest BCUT2D eigenvalue weighted by Crippen LogP contribution is 2.75. The molecule has 0 aromatic rings. The molecule has 4 nitrogen and oxygen atoms in total. The average Bonchev–Trinajstić information content (AvgIpc) is 2.99. The Morgan fingerprint density at radius 1 is 1.03 bits per heavy atom. The third kappa shape index (κ3) is 3.01. The van der Waals surface area contributed by atoms with Crippen LogP contribution in [-0.4, -0.2) is 40.4 Å². The van der Waals surface area contributed by atoms with Crippen molar-refractivity contribution in [3.8, 4) is 0 Å². The van der Waals surface area contributed by atoms with Crippen molar-refractivity contribution in [2.45, 2.75) is 116 Å². The molecule has 32 heavy (non-hydrogen) atoms. The molecule has 0 aromatic carbocycles. The van der Waals surface area contributed by atoms with Crippen molar-refractivity contribution in [1.82, 2.24) is 0 Å².